The van der Waals surface area contributed by atoms with Gasteiger partial charge in [-0.15, -0.1) is 0 Å². The molecule has 7 nitrogen and oxygen atoms in total. The van der Waals surface area contributed by atoms with Gasteiger partial charge in [0.25, 0.3) is 5.56 Å². The van der Waals surface area contributed by atoms with Gasteiger partial charge in [-0.2, -0.15) is 5.10 Å². The van der Waals surface area contributed by atoms with Gasteiger partial charge in [-0.3, -0.25) is 14.4 Å². The number of aryl methyl sites for hydroxylation is 2. The van der Waals surface area contributed by atoms with Crippen LogP contribution in [0.25, 0.3) is 0 Å². The van der Waals surface area contributed by atoms with Crippen LogP contribution in [0, 0.1) is 31.6 Å². The Balaban J connectivity index is 1.73. The Morgan fingerprint density at radius 3 is 2.61 bits per heavy atom. The second-order valence-corrected chi connectivity index (χ2v) is 6.65. The highest BCUT2D eigenvalue weighted by atomic mass is 16.4. The van der Waals surface area contributed by atoms with Crippen LogP contribution in [0.4, 0.5) is 0 Å². The number of hydrogen-bond donors (Lipinski definition) is 1. The largest absolute Gasteiger partial charge is 0.481 e. The van der Waals surface area contributed by atoms with Crippen LogP contribution in [-0.2, 0) is 16.1 Å². The molecule has 7 heteroatoms. The second-order valence-electron chi connectivity index (χ2n) is 6.65. The average molecular weight is 319 g/mol. The van der Waals surface area contributed by atoms with Crippen molar-refractivity contribution in [2.24, 2.45) is 17.8 Å². The Labute approximate surface area is 133 Å². The summed E-state index contributed by atoms with van der Waals surface area (Å²) in [4.78, 5) is 37.4. The summed E-state index contributed by atoms with van der Waals surface area (Å²) in [6.45, 7) is 4.15. The molecule has 0 unspecified atom stereocenters. The fourth-order valence-corrected chi connectivity index (χ4v) is 3.31. The van der Waals surface area contributed by atoms with E-state index in [-0.39, 0.29) is 30.5 Å². The lowest BCUT2D eigenvalue weighted by Gasteiger charge is -2.17. The van der Waals surface area contributed by atoms with E-state index in [1.807, 2.05) is 0 Å². The van der Waals surface area contributed by atoms with Crippen LogP contribution in [0.3, 0.4) is 0 Å². The van der Waals surface area contributed by atoms with Crippen molar-refractivity contribution in [1.82, 2.24) is 14.7 Å². The second kappa shape index (κ2) is 5.79. The normalized spacial score (nSPS) is 24.0. The number of carboxylic acid groups (broad SMARTS) is 1. The zero-order valence-electron chi connectivity index (χ0n) is 13.4. The van der Waals surface area contributed by atoms with Gasteiger partial charge < -0.3 is 10.0 Å². The van der Waals surface area contributed by atoms with E-state index < -0.39 is 11.9 Å². The molecule has 1 amide bonds. The van der Waals surface area contributed by atoms with Crippen LogP contribution < -0.4 is 5.56 Å². The average Bonchev–Trinajstić information content (AvgIpc) is 3.22. The molecule has 0 spiro atoms. The van der Waals surface area contributed by atoms with Gasteiger partial charge in [0.05, 0.1) is 11.6 Å². The smallest absolute Gasteiger partial charge is 0.308 e. The van der Waals surface area contributed by atoms with E-state index in [1.165, 1.54) is 6.07 Å². The number of carbonyl (C=O) groups is 2. The Morgan fingerprint density at radius 1 is 1.30 bits per heavy atom. The fraction of sp³-hybridized carbons (Fsp3) is 0.625. The van der Waals surface area contributed by atoms with Gasteiger partial charge >= 0.3 is 5.97 Å². The zero-order chi connectivity index (χ0) is 16.7. The minimum Gasteiger partial charge on any atom is -0.481 e. The maximum absolute atomic E-state index is 12.5. The summed E-state index contributed by atoms with van der Waals surface area (Å²) in [6, 6.07) is 1.46. The number of carbonyl (C=O) groups excluding carboxylic acids is 1. The van der Waals surface area contributed by atoms with Gasteiger partial charge in [0, 0.05) is 19.2 Å². The molecule has 0 aromatic carbocycles. The number of rotatable bonds is 4. The molecule has 2 heterocycles. The summed E-state index contributed by atoms with van der Waals surface area (Å²) in [7, 11) is 0. The van der Waals surface area contributed by atoms with E-state index in [1.54, 1.807) is 18.7 Å². The lowest BCUT2D eigenvalue weighted by Crippen LogP contribution is -2.37. The number of amides is 1. The molecule has 2 aliphatic rings. The van der Waals surface area contributed by atoms with Crippen molar-refractivity contribution in [2.45, 2.75) is 33.2 Å². The molecule has 0 radical (unpaired) electrons. The molecule has 2 atom stereocenters. The molecule has 124 valence electrons. The molecular formula is C16H21N3O4. The summed E-state index contributed by atoms with van der Waals surface area (Å²) in [6.07, 6.45) is 2.10. The molecule has 1 aromatic heterocycles. The number of nitrogens with zero attached hydrogens (tertiary/aromatic N) is 3. The zero-order valence-corrected chi connectivity index (χ0v) is 13.4. The van der Waals surface area contributed by atoms with Crippen molar-refractivity contribution < 1.29 is 14.7 Å². The molecule has 0 bridgehead atoms. The SMILES string of the molecule is Cc1cc(=O)n(CC(=O)N2C[C@H](C(=O)O)[C@@H](C3CC3)C2)nc1C. The van der Waals surface area contributed by atoms with E-state index in [9.17, 15) is 19.5 Å². The van der Waals surface area contributed by atoms with Crippen molar-refractivity contribution in [3.8, 4) is 0 Å². The number of aliphatic carboxylic acids is 1. The highest BCUT2D eigenvalue weighted by molar-refractivity contribution is 5.78. The molecule has 3 rings (SSSR count). The highest BCUT2D eigenvalue weighted by Gasteiger charge is 2.46. The minimum atomic E-state index is -0.835. The van der Waals surface area contributed by atoms with Gasteiger partial charge in [-0.05, 0) is 44.1 Å². The first-order chi connectivity index (χ1) is 10.9. The first kappa shape index (κ1) is 15.7. The van der Waals surface area contributed by atoms with Crippen molar-refractivity contribution in [2.75, 3.05) is 13.1 Å². The Hall–Kier alpha value is -2.18. The number of likely N-dealkylation sites (tertiary alicyclic amines) is 1. The predicted octanol–water partition coefficient (Wildman–Crippen LogP) is 0.429. The van der Waals surface area contributed by atoms with Gasteiger partial charge in [0.15, 0.2) is 0 Å². The van der Waals surface area contributed by atoms with Crippen molar-refractivity contribution in [1.29, 1.82) is 0 Å². The summed E-state index contributed by atoms with van der Waals surface area (Å²) in [5.74, 6) is -1.09. The topological polar surface area (TPSA) is 92.5 Å². The Kier molecular flexibility index (Phi) is 3.95. The summed E-state index contributed by atoms with van der Waals surface area (Å²) < 4.78 is 1.16. The Morgan fingerprint density at radius 2 is 2.00 bits per heavy atom. The first-order valence-electron chi connectivity index (χ1n) is 7.92. The first-order valence-corrected chi connectivity index (χ1v) is 7.92. The van der Waals surface area contributed by atoms with Crippen molar-refractivity contribution >= 4 is 11.9 Å². The molecule has 1 N–H and O–H groups in total. The van der Waals surface area contributed by atoms with Crippen molar-refractivity contribution in [3.05, 3.63) is 27.7 Å². The summed E-state index contributed by atoms with van der Waals surface area (Å²) in [5.41, 5.74) is 1.19. The van der Waals surface area contributed by atoms with Crippen molar-refractivity contribution in [3.63, 3.8) is 0 Å². The third-order valence-electron chi connectivity index (χ3n) is 4.98. The van der Waals surface area contributed by atoms with Gasteiger partial charge in [0.1, 0.15) is 6.54 Å². The van der Waals surface area contributed by atoms with Gasteiger partial charge in [-0.1, -0.05) is 0 Å². The van der Waals surface area contributed by atoms with E-state index in [2.05, 4.69) is 5.10 Å². The third kappa shape index (κ3) is 3.13. The number of aromatic nitrogens is 2. The molecule has 1 saturated heterocycles. The molecule has 23 heavy (non-hydrogen) atoms. The maximum Gasteiger partial charge on any atom is 0.308 e. The van der Waals surface area contributed by atoms with Crippen LogP contribution in [0.5, 0.6) is 0 Å². The van der Waals surface area contributed by atoms with Crippen LogP contribution in [-0.4, -0.2) is 44.8 Å². The predicted molar refractivity (Wildman–Crippen MR) is 81.9 cm³/mol. The quantitative estimate of drug-likeness (QED) is 0.869. The van der Waals surface area contributed by atoms with E-state index in [0.717, 1.165) is 23.1 Å². The van der Waals surface area contributed by atoms with Gasteiger partial charge in [0.2, 0.25) is 5.91 Å². The fourth-order valence-electron chi connectivity index (χ4n) is 3.31. The van der Waals surface area contributed by atoms with E-state index in [4.69, 9.17) is 0 Å². The van der Waals surface area contributed by atoms with Crippen LogP contribution in [0.1, 0.15) is 24.1 Å². The molecular weight excluding hydrogens is 298 g/mol. The van der Waals surface area contributed by atoms with Gasteiger partial charge in [-0.25, -0.2) is 4.68 Å². The minimum absolute atomic E-state index is 0.0425. The molecule has 1 aliphatic carbocycles. The highest BCUT2D eigenvalue weighted by Crippen LogP contribution is 2.44. The van der Waals surface area contributed by atoms with Crippen LogP contribution in [0.2, 0.25) is 0 Å². The molecule has 2 fully saturated rings. The van der Waals surface area contributed by atoms with Crippen LogP contribution in [0.15, 0.2) is 10.9 Å². The monoisotopic (exact) mass is 319 g/mol. The lowest BCUT2D eigenvalue weighted by atomic mass is 9.92. The maximum atomic E-state index is 12.5. The van der Waals surface area contributed by atoms with E-state index >= 15 is 0 Å². The molecule has 1 saturated carbocycles. The molecule has 1 aromatic rings. The lowest BCUT2D eigenvalue weighted by molar-refractivity contribution is -0.142. The summed E-state index contributed by atoms with van der Waals surface area (Å²) >= 11 is 0. The summed E-state index contributed by atoms with van der Waals surface area (Å²) in [5, 5.41) is 13.5. The van der Waals surface area contributed by atoms with Crippen LogP contribution >= 0.6 is 0 Å². The van der Waals surface area contributed by atoms with E-state index in [0.29, 0.717) is 18.2 Å². The number of hydrogen-bond acceptors (Lipinski definition) is 4. The number of carboxylic acids is 1. The third-order valence-corrected chi connectivity index (χ3v) is 4.98. The standard InChI is InChI=1S/C16H21N3O4/c1-9-5-14(20)19(17-10(9)2)8-15(21)18-6-12(11-3-4-11)13(7-18)16(22)23/h5,11-13H,3-4,6-8H2,1-2H3,(H,22,23)/t12-,13+/m1/s1. The Bertz CT molecular complexity index is 708. The molecule has 1 aliphatic heterocycles.